The molecule has 32 heavy (non-hydrogen) atoms. The SMILES string of the molecule is CC[C@]12CC[C@](O)(C(F)(F)F)CC1CCCc1cc(Nc3ccc(F)cc3)c(C=N)cc12. The molecule has 2 aliphatic carbocycles. The number of fused-ring (bicyclic) bond motifs is 3. The van der Waals surface area contributed by atoms with Crippen LogP contribution in [0.5, 0.6) is 0 Å². The third kappa shape index (κ3) is 3.81. The predicted octanol–water partition coefficient (Wildman–Crippen LogP) is 6.64. The van der Waals surface area contributed by atoms with Crippen LogP contribution in [0.25, 0.3) is 0 Å². The lowest BCUT2D eigenvalue weighted by atomic mass is 9.56. The molecule has 0 aromatic heterocycles. The minimum absolute atomic E-state index is 0.263. The lowest BCUT2D eigenvalue weighted by Gasteiger charge is -2.50. The highest BCUT2D eigenvalue weighted by atomic mass is 19.4. The Morgan fingerprint density at radius 1 is 1.19 bits per heavy atom. The summed E-state index contributed by atoms with van der Waals surface area (Å²) >= 11 is 0. The van der Waals surface area contributed by atoms with E-state index in [2.05, 4.69) is 5.32 Å². The fourth-order valence-electron chi connectivity index (χ4n) is 5.77. The van der Waals surface area contributed by atoms with E-state index in [1.807, 2.05) is 19.1 Å². The van der Waals surface area contributed by atoms with E-state index < -0.39 is 17.2 Å². The molecule has 2 aliphatic rings. The zero-order valence-electron chi connectivity index (χ0n) is 18.0. The molecule has 3 nitrogen and oxygen atoms in total. The topological polar surface area (TPSA) is 56.1 Å². The molecule has 7 heteroatoms. The second-order valence-corrected chi connectivity index (χ2v) is 9.21. The number of rotatable bonds is 4. The molecular weight excluding hydrogens is 420 g/mol. The van der Waals surface area contributed by atoms with Gasteiger partial charge < -0.3 is 15.8 Å². The van der Waals surface area contributed by atoms with Gasteiger partial charge in [0, 0.05) is 23.2 Å². The van der Waals surface area contributed by atoms with E-state index in [1.165, 1.54) is 18.3 Å². The van der Waals surface area contributed by atoms with Gasteiger partial charge in [-0.25, -0.2) is 4.39 Å². The fraction of sp³-hybridized carbons (Fsp3) is 0.480. The smallest absolute Gasteiger partial charge is 0.380 e. The quantitative estimate of drug-likeness (QED) is 0.363. The minimum atomic E-state index is -4.63. The molecule has 0 saturated heterocycles. The summed E-state index contributed by atoms with van der Waals surface area (Å²) in [5, 5.41) is 21.6. The molecule has 3 N–H and O–H groups in total. The molecule has 172 valence electrons. The van der Waals surface area contributed by atoms with Gasteiger partial charge in [-0.2, -0.15) is 13.2 Å². The van der Waals surface area contributed by atoms with Gasteiger partial charge in [-0.05, 0) is 104 Å². The first-order valence-electron chi connectivity index (χ1n) is 11.1. The van der Waals surface area contributed by atoms with Gasteiger partial charge >= 0.3 is 6.18 Å². The first-order chi connectivity index (χ1) is 15.1. The van der Waals surface area contributed by atoms with Crippen LogP contribution in [0.1, 0.15) is 62.1 Å². The van der Waals surface area contributed by atoms with Gasteiger partial charge in [-0.1, -0.05) is 6.92 Å². The van der Waals surface area contributed by atoms with Crippen LogP contribution in [0.3, 0.4) is 0 Å². The molecule has 1 unspecified atom stereocenters. The van der Waals surface area contributed by atoms with Crippen molar-refractivity contribution in [3.05, 3.63) is 58.9 Å². The summed E-state index contributed by atoms with van der Waals surface area (Å²) in [5.74, 6) is -0.611. The molecule has 3 atom stereocenters. The number of anilines is 2. The monoisotopic (exact) mass is 448 g/mol. The highest BCUT2D eigenvalue weighted by Gasteiger charge is 2.60. The fourth-order valence-corrected chi connectivity index (χ4v) is 5.77. The van der Waals surface area contributed by atoms with Crippen LogP contribution < -0.4 is 5.32 Å². The number of hydrogen-bond acceptors (Lipinski definition) is 3. The molecule has 0 aliphatic heterocycles. The molecule has 4 rings (SSSR count). The van der Waals surface area contributed by atoms with E-state index in [9.17, 15) is 22.7 Å². The van der Waals surface area contributed by atoms with Crippen molar-refractivity contribution in [2.24, 2.45) is 5.92 Å². The van der Waals surface area contributed by atoms with Crippen molar-refractivity contribution in [3.63, 3.8) is 0 Å². The maximum absolute atomic E-state index is 13.6. The lowest BCUT2D eigenvalue weighted by molar-refractivity contribution is -0.279. The van der Waals surface area contributed by atoms with E-state index in [4.69, 9.17) is 5.41 Å². The predicted molar refractivity (Wildman–Crippen MR) is 117 cm³/mol. The van der Waals surface area contributed by atoms with Crippen molar-refractivity contribution >= 4 is 17.6 Å². The largest absolute Gasteiger partial charge is 0.417 e. The Bertz CT molecular complexity index is 1000. The van der Waals surface area contributed by atoms with E-state index in [0.29, 0.717) is 24.1 Å². The van der Waals surface area contributed by atoms with Gasteiger partial charge in [0.15, 0.2) is 5.60 Å². The summed E-state index contributed by atoms with van der Waals surface area (Å²) in [5.41, 5.74) is 1.05. The molecule has 0 heterocycles. The highest BCUT2D eigenvalue weighted by molar-refractivity contribution is 5.88. The highest BCUT2D eigenvalue weighted by Crippen LogP contribution is 2.57. The second kappa shape index (κ2) is 8.18. The Hall–Kier alpha value is -2.41. The molecule has 0 amide bonds. The van der Waals surface area contributed by atoms with E-state index in [0.717, 1.165) is 29.7 Å². The molecule has 1 fully saturated rings. The minimum Gasteiger partial charge on any atom is -0.380 e. The number of aryl methyl sites for hydroxylation is 1. The Balaban J connectivity index is 1.75. The van der Waals surface area contributed by atoms with Gasteiger partial charge in [-0.3, -0.25) is 0 Å². The van der Waals surface area contributed by atoms with Crippen molar-refractivity contribution in [2.45, 2.75) is 69.1 Å². The van der Waals surface area contributed by atoms with Crippen LogP contribution in [0, 0.1) is 17.1 Å². The van der Waals surface area contributed by atoms with Crippen LogP contribution in [-0.4, -0.2) is 23.1 Å². The van der Waals surface area contributed by atoms with Crippen LogP contribution >= 0.6 is 0 Å². The van der Waals surface area contributed by atoms with Crippen LogP contribution in [0.2, 0.25) is 0 Å². The average molecular weight is 449 g/mol. The third-order valence-electron chi connectivity index (χ3n) is 7.60. The first kappa shape index (κ1) is 22.8. The maximum Gasteiger partial charge on any atom is 0.417 e. The van der Waals surface area contributed by atoms with E-state index in [-0.39, 0.29) is 31.0 Å². The van der Waals surface area contributed by atoms with Crippen molar-refractivity contribution in [1.29, 1.82) is 5.41 Å². The average Bonchev–Trinajstić information content (AvgIpc) is 2.90. The molecule has 0 bridgehead atoms. The van der Waals surface area contributed by atoms with Gasteiger partial charge in [0.1, 0.15) is 5.82 Å². The maximum atomic E-state index is 13.6. The Morgan fingerprint density at radius 2 is 1.91 bits per heavy atom. The molecule has 0 radical (unpaired) electrons. The normalized spacial score (nSPS) is 27.8. The van der Waals surface area contributed by atoms with Gasteiger partial charge in [-0.15, -0.1) is 0 Å². The Morgan fingerprint density at radius 3 is 2.53 bits per heavy atom. The van der Waals surface area contributed by atoms with Crippen LogP contribution in [0.15, 0.2) is 36.4 Å². The first-order valence-corrected chi connectivity index (χ1v) is 11.1. The molecule has 2 aromatic carbocycles. The zero-order chi connectivity index (χ0) is 23.1. The Labute approximate surface area is 185 Å². The third-order valence-corrected chi connectivity index (χ3v) is 7.60. The summed E-state index contributed by atoms with van der Waals surface area (Å²) in [4.78, 5) is 0. The number of aliphatic hydroxyl groups is 1. The van der Waals surface area contributed by atoms with Crippen molar-refractivity contribution in [3.8, 4) is 0 Å². The van der Waals surface area contributed by atoms with Gasteiger partial charge in [0.25, 0.3) is 0 Å². The standard InChI is InChI=1S/C25H28F4N2O/c1-2-23-10-11-24(32,25(27,28)29)14-18(23)5-3-4-16-13-22(17(15-30)12-21(16)23)31-20-8-6-19(26)7-9-20/h6-9,12-13,15,18,30-32H,2-5,10-11,14H2,1H3/t18?,23-,24+/m0/s1. The number of benzene rings is 2. The molecule has 1 saturated carbocycles. The summed E-state index contributed by atoms with van der Waals surface area (Å²) in [6.45, 7) is 2.01. The van der Waals surface area contributed by atoms with Crippen LogP contribution in [0.4, 0.5) is 28.9 Å². The summed E-state index contributed by atoms with van der Waals surface area (Å²) < 4.78 is 54.1. The summed E-state index contributed by atoms with van der Waals surface area (Å²) in [6, 6.07) is 9.89. The second-order valence-electron chi connectivity index (χ2n) is 9.21. The summed E-state index contributed by atoms with van der Waals surface area (Å²) in [6.07, 6.45) is -0.937. The molecular formula is C25H28F4N2O. The number of hydrogen-bond donors (Lipinski definition) is 3. The zero-order valence-corrected chi connectivity index (χ0v) is 18.0. The summed E-state index contributed by atoms with van der Waals surface area (Å²) in [7, 11) is 0. The van der Waals surface area contributed by atoms with Crippen molar-refractivity contribution in [1.82, 2.24) is 0 Å². The van der Waals surface area contributed by atoms with E-state index in [1.54, 1.807) is 12.1 Å². The van der Waals surface area contributed by atoms with Gasteiger partial charge in [0.05, 0.1) is 0 Å². The molecule has 2 aromatic rings. The lowest BCUT2D eigenvalue weighted by Crippen LogP contribution is -2.54. The number of halogens is 4. The van der Waals surface area contributed by atoms with Gasteiger partial charge in [0.2, 0.25) is 0 Å². The van der Waals surface area contributed by atoms with Crippen molar-refractivity contribution < 1.29 is 22.7 Å². The number of nitrogens with one attached hydrogen (secondary N) is 2. The Kier molecular flexibility index (Phi) is 5.82. The number of alkyl halides is 3. The van der Waals surface area contributed by atoms with Crippen LogP contribution in [-0.2, 0) is 11.8 Å². The van der Waals surface area contributed by atoms with E-state index >= 15 is 0 Å². The van der Waals surface area contributed by atoms with Crippen molar-refractivity contribution in [2.75, 3.05) is 5.32 Å². The molecule has 0 spiro atoms.